The predicted octanol–water partition coefficient (Wildman–Crippen LogP) is -0.132. The van der Waals surface area contributed by atoms with Gasteiger partial charge in [-0.2, -0.15) is 0 Å². The first-order chi connectivity index (χ1) is 8.17. The number of anilines is 3. The molecule has 0 saturated carbocycles. The maximum Gasteiger partial charge on any atom is 0.238 e. The summed E-state index contributed by atoms with van der Waals surface area (Å²) in [4.78, 5) is 16.0. The molecule has 0 fully saturated rings. The van der Waals surface area contributed by atoms with Crippen molar-refractivity contribution in [1.82, 2.24) is 19.9 Å². The van der Waals surface area contributed by atoms with Gasteiger partial charge in [0.15, 0.2) is 5.16 Å². The Morgan fingerprint density at radius 2 is 1.82 bits per heavy atom. The highest BCUT2D eigenvalue weighted by Gasteiger charge is 2.05. The van der Waals surface area contributed by atoms with Crippen LogP contribution in [0.5, 0.6) is 0 Å². The molecule has 9 heteroatoms. The third kappa shape index (κ3) is 2.92. The summed E-state index contributed by atoms with van der Waals surface area (Å²) in [5, 5.41) is 1.06. The Labute approximate surface area is 101 Å². The molecule has 2 aromatic heterocycles. The fourth-order valence-electron chi connectivity index (χ4n) is 1.07. The summed E-state index contributed by atoms with van der Waals surface area (Å²) in [6.07, 6.45) is 1.57. The highest BCUT2D eigenvalue weighted by molar-refractivity contribution is 7.99. The van der Waals surface area contributed by atoms with E-state index in [1.165, 1.54) is 17.8 Å². The fraction of sp³-hybridized carbons (Fsp3) is 0. The third-order valence-electron chi connectivity index (χ3n) is 1.70. The summed E-state index contributed by atoms with van der Waals surface area (Å²) >= 11 is 1.22. The van der Waals surface area contributed by atoms with Crippen LogP contribution in [-0.2, 0) is 0 Å². The molecular formula is C8H10N8S. The third-order valence-corrected chi connectivity index (χ3v) is 2.50. The Kier molecular flexibility index (Phi) is 3.21. The zero-order chi connectivity index (χ0) is 12.3. The van der Waals surface area contributed by atoms with E-state index in [2.05, 4.69) is 25.4 Å². The van der Waals surface area contributed by atoms with Crippen LogP contribution in [0.2, 0.25) is 0 Å². The van der Waals surface area contributed by atoms with E-state index in [0.29, 0.717) is 27.8 Å². The van der Waals surface area contributed by atoms with Crippen LogP contribution in [0.3, 0.4) is 0 Å². The zero-order valence-corrected chi connectivity index (χ0v) is 9.48. The first-order valence-electron chi connectivity index (χ1n) is 4.55. The van der Waals surface area contributed by atoms with E-state index < -0.39 is 0 Å². The molecule has 0 aliphatic heterocycles. The van der Waals surface area contributed by atoms with E-state index in [9.17, 15) is 0 Å². The van der Waals surface area contributed by atoms with Crippen LogP contribution in [0.1, 0.15) is 0 Å². The van der Waals surface area contributed by atoms with Crippen molar-refractivity contribution in [3.63, 3.8) is 0 Å². The number of aromatic nitrogens is 4. The van der Waals surface area contributed by atoms with Gasteiger partial charge in [0.1, 0.15) is 16.7 Å². The molecule has 0 saturated heterocycles. The Hall–Kier alpha value is -2.13. The van der Waals surface area contributed by atoms with Crippen LogP contribution >= 0.6 is 11.8 Å². The van der Waals surface area contributed by atoms with Gasteiger partial charge in [0.05, 0.1) is 0 Å². The van der Waals surface area contributed by atoms with Gasteiger partial charge in [0.2, 0.25) is 5.95 Å². The summed E-state index contributed by atoms with van der Waals surface area (Å²) in [5.74, 6) is 6.14. The van der Waals surface area contributed by atoms with Crippen molar-refractivity contribution in [2.24, 2.45) is 5.84 Å². The van der Waals surface area contributed by atoms with Gasteiger partial charge in [-0.05, 0) is 17.8 Å². The summed E-state index contributed by atoms with van der Waals surface area (Å²) in [6.45, 7) is 0. The van der Waals surface area contributed by atoms with E-state index in [0.717, 1.165) is 0 Å². The van der Waals surface area contributed by atoms with Crippen LogP contribution in [-0.4, -0.2) is 19.9 Å². The topological polar surface area (TPSA) is 142 Å². The Bertz CT molecular complexity index is 510. The minimum Gasteiger partial charge on any atom is -0.383 e. The van der Waals surface area contributed by atoms with E-state index >= 15 is 0 Å². The van der Waals surface area contributed by atoms with E-state index in [1.807, 2.05) is 0 Å². The average molecular weight is 250 g/mol. The normalized spacial score (nSPS) is 10.2. The summed E-state index contributed by atoms with van der Waals surface area (Å²) < 4.78 is 0. The number of hydrogen-bond acceptors (Lipinski definition) is 9. The Morgan fingerprint density at radius 1 is 1.12 bits per heavy atom. The van der Waals surface area contributed by atoms with Crippen LogP contribution in [0, 0.1) is 0 Å². The monoisotopic (exact) mass is 250 g/mol. The number of hydrazine groups is 1. The van der Waals surface area contributed by atoms with E-state index in [-0.39, 0.29) is 0 Å². The Morgan fingerprint density at radius 3 is 2.47 bits per heavy atom. The standard InChI is InChI=1S/C8H10N8S/c9-4-3-5(10)14-8(13-4)17-6-1-2-12-7(15-6)16-11/h1-3H,11H2,(H,12,15,16)(H4,9,10,13,14). The van der Waals surface area contributed by atoms with Gasteiger partial charge in [0, 0.05) is 12.3 Å². The lowest BCUT2D eigenvalue weighted by Gasteiger charge is -2.03. The molecule has 0 radical (unpaired) electrons. The highest BCUT2D eigenvalue weighted by atomic mass is 32.2. The highest BCUT2D eigenvalue weighted by Crippen LogP contribution is 2.24. The lowest BCUT2D eigenvalue weighted by molar-refractivity contribution is 0.968. The molecule has 0 unspecified atom stereocenters. The summed E-state index contributed by atoms with van der Waals surface area (Å²) in [7, 11) is 0. The van der Waals surface area contributed by atoms with Crippen molar-refractivity contribution in [2.75, 3.05) is 16.9 Å². The first kappa shape index (κ1) is 11.4. The molecule has 88 valence electrons. The van der Waals surface area contributed by atoms with E-state index in [1.54, 1.807) is 12.3 Å². The van der Waals surface area contributed by atoms with Crippen molar-refractivity contribution in [2.45, 2.75) is 10.2 Å². The van der Waals surface area contributed by atoms with Crippen LogP contribution < -0.4 is 22.7 Å². The molecule has 2 heterocycles. The number of nitrogens with one attached hydrogen (secondary N) is 1. The van der Waals surface area contributed by atoms with Crippen molar-refractivity contribution >= 4 is 29.3 Å². The van der Waals surface area contributed by atoms with Gasteiger partial charge in [0.25, 0.3) is 0 Å². The SMILES string of the molecule is NNc1nccc(Sc2nc(N)cc(N)n2)n1. The fourth-order valence-corrected chi connectivity index (χ4v) is 1.82. The molecule has 0 amide bonds. The average Bonchev–Trinajstić information content (AvgIpc) is 2.28. The summed E-state index contributed by atoms with van der Waals surface area (Å²) in [6, 6.07) is 3.19. The second-order valence-electron chi connectivity index (χ2n) is 2.97. The second kappa shape index (κ2) is 4.80. The van der Waals surface area contributed by atoms with Gasteiger partial charge in [-0.15, -0.1) is 0 Å². The summed E-state index contributed by atoms with van der Waals surface area (Å²) in [5.41, 5.74) is 13.5. The van der Waals surface area contributed by atoms with Crippen molar-refractivity contribution in [3.8, 4) is 0 Å². The quantitative estimate of drug-likeness (QED) is 0.253. The molecule has 8 nitrogen and oxygen atoms in total. The number of hydrogen-bond donors (Lipinski definition) is 4. The zero-order valence-electron chi connectivity index (χ0n) is 8.66. The lowest BCUT2D eigenvalue weighted by atomic mass is 10.5. The first-order valence-corrected chi connectivity index (χ1v) is 5.36. The van der Waals surface area contributed by atoms with Gasteiger partial charge >= 0.3 is 0 Å². The maximum atomic E-state index is 5.56. The molecular weight excluding hydrogens is 240 g/mol. The number of nitrogen functional groups attached to an aromatic ring is 3. The smallest absolute Gasteiger partial charge is 0.238 e. The number of nitrogens with two attached hydrogens (primary N) is 3. The molecule has 2 rings (SSSR count). The van der Waals surface area contributed by atoms with Crippen molar-refractivity contribution < 1.29 is 0 Å². The van der Waals surface area contributed by atoms with Crippen molar-refractivity contribution in [1.29, 1.82) is 0 Å². The predicted molar refractivity (Wildman–Crippen MR) is 64.8 cm³/mol. The molecule has 0 aliphatic rings. The van der Waals surface area contributed by atoms with Crippen LogP contribution in [0.15, 0.2) is 28.5 Å². The molecule has 0 spiro atoms. The van der Waals surface area contributed by atoms with Crippen LogP contribution in [0.25, 0.3) is 0 Å². The molecule has 0 aromatic carbocycles. The molecule has 2 aromatic rings. The van der Waals surface area contributed by atoms with Crippen molar-refractivity contribution in [3.05, 3.63) is 18.3 Å². The maximum absolute atomic E-state index is 5.56. The second-order valence-corrected chi connectivity index (χ2v) is 3.95. The largest absolute Gasteiger partial charge is 0.383 e. The van der Waals surface area contributed by atoms with E-state index in [4.69, 9.17) is 17.3 Å². The molecule has 0 aliphatic carbocycles. The Balaban J connectivity index is 2.24. The van der Waals surface area contributed by atoms with Gasteiger partial charge in [-0.25, -0.2) is 25.8 Å². The number of rotatable bonds is 3. The molecule has 7 N–H and O–H groups in total. The van der Waals surface area contributed by atoms with Gasteiger partial charge in [-0.1, -0.05) is 0 Å². The minimum absolute atomic E-state index is 0.311. The molecule has 17 heavy (non-hydrogen) atoms. The van der Waals surface area contributed by atoms with Crippen LogP contribution in [0.4, 0.5) is 17.6 Å². The van der Waals surface area contributed by atoms with Gasteiger partial charge < -0.3 is 11.5 Å². The molecule has 0 atom stereocenters. The minimum atomic E-state index is 0.311. The number of nitrogens with zero attached hydrogens (tertiary/aromatic N) is 4. The lowest BCUT2D eigenvalue weighted by Crippen LogP contribution is -2.10. The van der Waals surface area contributed by atoms with Gasteiger partial charge in [-0.3, -0.25) is 5.43 Å². The molecule has 0 bridgehead atoms.